The number of aliphatic carboxylic acids is 1. The summed E-state index contributed by atoms with van der Waals surface area (Å²) < 4.78 is 5.21. The topological polar surface area (TPSA) is 117 Å². The number of ether oxygens (including phenoxy) is 1. The Labute approximate surface area is 111 Å². The van der Waals surface area contributed by atoms with Crippen LogP contribution in [0.2, 0.25) is 0 Å². The van der Waals surface area contributed by atoms with Crippen LogP contribution in [0.3, 0.4) is 0 Å². The molecule has 0 fully saturated rings. The van der Waals surface area contributed by atoms with Crippen LogP contribution in [-0.4, -0.2) is 46.5 Å². The smallest absolute Gasteiger partial charge is 0.410 e. The van der Waals surface area contributed by atoms with Gasteiger partial charge in [0.05, 0.1) is 6.54 Å². The van der Waals surface area contributed by atoms with Gasteiger partial charge in [-0.25, -0.2) is 9.59 Å². The molecule has 1 heterocycles. The van der Waals surface area contributed by atoms with Crippen LogP contribution in [0.1, 0.15) is 27.2 Å². The van der Waals surface area contributed by atoms with Crippen LogP contribution in [0, 0.1) is 5.41 Å². The van der Waals surface area contributed by atoms with Gasteiger partial charge in [0, 0.05) is 24.2 Å². The second-order valence-corrected chi connectivity index (χ2v) is 5.34. The molecule has 0 unspecified atom stereocenters. The molecule has 1 aliphatic heterocycles. The molecule has 0 atom stereocenters. The van der Waals surface area contributed by atoms with Crippen LogP contribution in [0.25, 0.3) is 0 Å². The number of nitrogens with two attached hydrogens (primary N) is 1. The first-order valence-electron chi connectivity index (χ1n) is 5.89. The number of hydrogen-bond donors (Lipinski definition) is 3. The van der Waals surface area contributed by atoms with E-state index in [9.17, 15) is 9.59 Å². The third-order valence-electron chi connectivity index (χ3n) is 2.55. The summed E-state index contributed by atoms with van der Waals surface area (Å²) in [7, 11) is 0. The number of nitrogens with one attached hydrogen (secondary N) is 1. The van der Waals surface area contributed by atoms with Crippen LogP contribution in [-0.2, 0) is 9.53 Å². The van der Waals surface area contributed by atoms with E-state index < -0.39 is 23.4 Å². The van der Waals surface area contributed by atoms with E-state index in [2.05, 4.69) is 0 Å². The fourth-order valence-corrected chi connectivity index (χ4v) is 1.63. The number of rotatable bonds is 2. The molecular formula is C12H19N3O4. The monoisotopic (exact) mass is 269 g/mol. The number of hydrogen-bond acceptors (Lipinski definition) is 5. The normalized spacial score (nSPS) is 16.3. The fraction of sp³-hybridized carbons (Fsp3) is 0.583. The Bertz CT molecular complexity index is 448. The number of amides is 1. The van der Waals surface area contributed by atoms with E-state index in [0.717, 1.165) is 0 Å². The molecule has 0 aliphatic carbocycles. The van der Waals surface area contributed by atoms with Gasteiger partial charge in [-0.15, -0.1) is 0 Å². The highest BCUT2D eigenvalue weighted by Gasteiger charge is 2.29. The summed E-state index contributed by atoms with van der Waals surface area (Å²) in [6.45, 7) is 5.60. The molecule has 4 N–H and O–H groups in total. The van der Waals surface area contributed by atoms with Crippen molar-refractivity contribution in [2.45, 2.75) is 32.8 Å². The summed E-state index contributed by atoms with van der Waals surface area (Å²) in [4.78, 5) is 24.0. The van der Waals surface area contributed by atoms with E-state index >= 15 is 0 Å². The highest BCUT2D eigenvalue weighted by Crippen LogP contribution is 2.18. The van der Waals surface area contributed by atoms with E-state index in [0.29, 0.717) is 18.7 Å². The maximum absolute atomic E-state index is 11.9. The molecule has 0 bridgehead atoms. The molecule has 19 heavy (non-hydrogen) atoms. The minimum atomic E-state index is -1.36. The number of carboxylic acids is 1. The Morgan fingerprint density at radius 3 is 2.47 bits per heavy atom. The zero-order valence-electron chi connectivity index (χ0n) is 11.3. The number of carboxylic acid groups (broad SMARTS) is 1. The second-order valence-electron chi connectivity index (χ2n) is 5.34. The zero-order chi connectivity index (χ0) is 14.8. The molecule has 0 saturated carbocycles. The molecule has 1 rings (SSSR count). The van der Waals surface area contributed by atoms with Gasteiger partial charge in [0.2, 0.25) is 0 Å². The molecule has 7 nitrogen and oxygen atoms in total. The molecule has 0 radical (unpaired) electrons. The Balaban J connectivity index is 2.82. The number of carbonyl (C=O) groups excluding carboxylic acids is 1. The summed E-state index contributed by atoms with van der Waals surface area (Å²) in [6.07, 6.45) is -0.194. The van der Waals surface area contributed by atoms with E-state index in [1.807, 2.05) is 0 Å². The van der Waals surface area contributed by atoms with Gasteiger partial charge in [0.25, 0.3) is 0 Å². The summed E-state index contributed by atoms with van der Waals surface area (Å²) in [5, 5.41) is 16.3. The molecular weight excluding hydrogens is 250 g/mol. The Morgan fingerprint density at radius 1 is 1.42 bits per heavy atom. The van der Waals surface area contributed by atoms with E-state index in [4.69, 9.17) is 21.0 Å². The maximum Gasteiger partial charge on any atom is 0.410 e. The minimum absolute atomic E-state index is 0.00806. The van der Waals surface area contributed by atoms with Crippen LogP contribution in [0.5, 0.6) is 0 Å². The van der Waals surface area contributed by atoms with E-state index in [-0.39, 0.29) is 12.1 Å². The molecule has 0 aromatic rings. The third kappa shape index (κ3) is 3.97. The molecule has 0 spiro atoms. The Kier molecular flexibility index (Phi) is 4.18. The van der Waals surface area contributed by atoms with Gasteiger partial charge in [0.1, 0.15) is 11.3 Å². The lowest BCUT2D eigenvalue weighted by atomic mass is 10.0. The van der Waals surface area contributed by atoms with Crippen molar-refractivity contribution in [1.82, 2.24) is 4.90 Å². The summed E-state index contributed by atoms with van der Waals surface area (Å²) >= 11 is 0. The molecule has 7 heteroatoms. The lowest BCUT2D eigenvalue weighted by Gasteiger charge is -2.31. The predicted molar refractivity (Wildman–Crippen MR) is 69.0 cm³/mol. The predicted octanol–water partition coefficient (Wildman–Crippen LogP) is 0.944. The molecule has 106 valence electrons. The van der Waals surface area contributed by atoms with Crippen molar-refractivity contribution in [2.24, 2.45) is 5.73 Å². The van der Waals surface area contributed by atoms with Crippen molar-refractivity contribution in [2.75, 3.05) is 13.1 Å². The van der Waals surface area contributed by atoms with Gasteiger partial charge >= 0.3 is 12.1 Å². The minimum Gasteiger partial charge on any atom is -0.477 e. The highest BCUT2D eigenvalue weighted by atomic mass is 16.6. The first-order valence-corrected chi connectivity index (χ1v) is 5.89. The zero-order valence-corrected chi connectivity index (χ0v) is 11.3. The third-order valence-corrected chi connectivity index (χ3v) is 2.55. The van der Waals surface area contributed by atoms with Crippen LogP contribution >= 0.6 is 0 Å². The molecule has 0 aromatic heterocycles. The van der Waals surface area contributed by atoms with Gasteiger partial charge in [0.15, 0.2) is 0 Å². The van der Waals surface area contributed by atoms with Crippen LogP contribution in [0.15, 0.2) is 11.3 Å². The molecule has 0 saturated heterocycles. The Morgan fingerprint density at radius 2 is 2.00 bits per heavy atom. The van der Waals surface area contributed by atoms with E-state index in [1.54, 1.807) is 20.8 Å². The van der Waals surface area contributed by atoms with Gasteiger partial charge < -0.3 is 20.5 Å². The van der Waals surface area contributed by atoms with Gasteiger partial charge in [-0.1, -0.05) is 0 Å². The largest absolute Gasteiger partial charge is 0.477 e. The maximum atomic E-state index is 11.9. The molecule has 1 aliphatic rings. The van der Waals surface area contributed by atoms with Crippen LogP contribution in [0.4, 0.5) is 4.79 Å². The van der Waals surface area contributed by atoms with Gasteiger partial charge in [-0.2, -0.15) is 0 Å². The molecule has 0 aromatic carbocycles. The fourth-order valence-electron chi connectivity index (χ4n) is 1.63. The summed E-state index contributed by atoms with van der Waals surface area (Å²) in [5.41, 5.74) is 5.02. The highest BCUT2D eigenvalue weighted by molar-refractivity contribution is 6.41. The van der Waals surface area contributed by atoms with Crippen molar-refractivity contribution >= 4 is 17.8 Å². The SMILES string of the molecule is CC(C)(C)OC(=O)N1CCC(N)=C(C(=N)C(=O)O)C1. The van der Waals surface area contributed by atoms with Crippen molar-refractivity contribution in [3.05, 3.63) is 11.3 Å². The number of nitrogens with zero attached hydrogens (tertiary/aromatic N) is 1. The second kappa shape index (κ2) is 5.29. The van der Waals surface area contributed by atoms with Gasteiger partial charge in [-0.3, -0.25) is 5.41 Å². The first kappa shape index (κ1) is 15.0. The van der Waals surface area contributed by atoms with Crippen molar-refractivity contribution in [3.8, 4) is 0 Å². The molecule has 1 amide bonds. The van der Waals surface area contributed by atoms with Crippen molar-refractivity contribution in [1.29, 1.82) is 5.41 Å². The van der Waals surface area contributed by atoms with Crippen molar-refractivity contribution in [3.63, 3.8) is 0 Å². The first-order chi connectivity index (χ1) is 8.61. The lowest BCUT2D eigenvalue weighted by molar-refractivity contribution is -0.129. The summed E-state index contributed by atoms with van der Waals surface area (Å²) in [5.74, 6) is -1.36. The Hall–Kier alpha value is -2.05. The standard InChI is InChI=1S/C12H19N3O4/c1-12(2,3)19-11(18)15-5-4-8(13)7(6-15)9(14)10(16)17/h14H,4-6,13H2,1-3H3,(H,16,17). The summed E-state index contributed by atoms with van der Waals surface area (Å²) in [6, 6.07) is 0. The van der Waals surface area contributed by atoms with Gasteiger partial charge in [-0.05, 0) is 20.8 Å². The average molecular weight is 269 g/mol. The number of carbonyl (C=O) groups is 2. The van der Waals surface area contributed by atoms with Crippen molar-refractivity contribution < 1.29 is 19.4 Å². The quantitative estimate of drug-likeness (QED) is 0.645. The van der Waals surface area contributed by atoms with Crippen LogP contribution < -0.4 is 5.73 Å². The lowest BCUT2D eigenvalue weighted by Crippen LogP contribution is -2.43. The van der Waals surface area contributed by atoms with E-state index in [1.165, 1.54) is 4.90 Å². The average Bonchev–Trinajstić information content (AvgIpc) is 2.26.